The minimum absolute atomic E-state index is 0.0331. The van der Waals surface area contributed by atoms with Crippen molar-refractivity contribution in [3.8, 4) is 5.69 Å². The van der Waals surface area contributed by atoms with Crippen LogP contribution in [0, 0.1) is 0 Å². The first-order valence-electron chi connectivity index (χ1n) is 5.61. The van der Waals surface area contributed by atoms with E-state index in [2.05, 4.69) is 15.9 Å². The van der Waals surface area contributed by atoms with Gasteiger partial charge in [0.25, 0.3) is 0 Å². The van der Waals surface area contributed by atoms with E-state index in [1.54, 1.807) is 16.2 Å². The predicted molar refractivity (Wildman–Crippen MR) is 76.2 cm³/mol. The third-order valence-corrected chi connectivity index (χ3v) is 3.53. The van der Waals surface area contributed by atoms with Crippen molar-refractivity contribution < 1.29 is 0 Å². The smallest absolute Gasteiger partial charge is 0.295 e. The third kappa shape index (κ3) is 1.61. The van der Waals surface area contributed by atoms with Gasteiger partial charge >= 0.3 is 5.69 Å². The highest BCUT2D eigenvalue weighted by Crippen LogP contribution is 2.21. The molecule has 3 rings (SSSR count). The maximum absolute atomic E-state index is 12.3. The Morgan fingerprint density at radius 3 is 2.44 bits per heavy atom. The molecule has 4 heteroatoms. The predicted octanol–water partition coefficient (Wildman–Crippen LogP) is 3.09. The maximum atomic E-state index is 12.3. The van der Waals surface area contributed by atoms with E-state index in [9.17, 15) is 4.79 Å². The second-order valence-corrected chi connectivity index (χ2v) is 5.06. The summed E-state index contributed by atoms with van der Waals surface area (Å²) in [5, 5.41) is 0. The van der Waals surface area contributed by atoms with Gasteiger partial charge in [-0.15, -0.1) is 0 Å². The molecule has 0 aliphatic carbocycles. The van der Waals surface area contributed by atoms with E-state index < -0.39 is 0 Å². The first kappa shape index (κ1) is 11.3. The SMILES string of the molecule is Cn1c(=O)n(-c2ccccc2)c2cc(Br)ccc21. The first-order valence-corrected chi connectivity index (χ1v) is 6.40. The Morgan fingerprint density at radius 1 is 1.00 bits per heavy atom. The highest BCUT2D eigenvalue weighted by Gasteiger charge is 2.11. The summed E-state index contributed by atoms with van der Waals surface area (Å²) in [6, 6.07) is 15.5. The molecule has 0 amide bonds. The molecular formula is C14H11BrN2O. The number of hydrogen-bond acceptors (Lipinski definition) is 1. The minimum Gasteiger partial charge on any atom is -0.295 e. The van der Waals surface area contributed by atoms with Gasteiger partial charge < -0.3 is 0 Å². The Balaban J connectivity index is 2.46. The Morgan fingerprint density at radius 2 is 1.72 bits per heavy atom. The third-order valence-electron chi connectivity index (χ3n) is 3.03. The Kier molecular flexibility index (Phi) is 2.59. The van der Waals surface area contributed by atoms with Crippen LogP contribution in [0.1, 0.15) is 0 Å². The number of hydrogen-bond donors (Lipinski definition) is 0. The van der Waals surface area contributed by atoms with Crippen LogP contribution in [0.5, 0.6) is 0 Å². The van der Waals surface area contributed by atoms with Crippen LogP contribution in [0.4, 0.5) is 0 Å². The summed E-state index contributed by atoms with van der Waals surface area (Å²) in [5.41, 5.74) is 2.68. The van der Waals surface area contributed by atoms with Crippen LogP contribution >= 0.6 is 15.9 Å². The highest BCUT2D eigenvalue weighted by atomic mass is 79.9. The van der Waals surface area contributed by atoms with Crippen molar-refractivity contribution in [2.24, 2.45) is 7.05 Å². The number of benzene rings is 2. The molecule has 0 radical (unpaired) electrons. The van der Waals surface area contributed by atoms with Crippen LogP contribution < -0.4 is 5.69 Å². The van der Waals surface area contributed by atoms with Crippen LogP contribution in [-0.4, -0.2) is 9.13 Å². The average Bonchev–Trinajstić information content (AvgIpc) is 2.63. The molecule has 0 aliphatic rings. The largest absolute Gasteiger partial charge is 0.333 e. The van der Waals surface area contributed by atoms with Crippen molar-refractivity contribution in [2.75, 3.05) is 0 Å². The molecule has 18 heavy (non-hydrogen) atoms. The van der Waals surface area contributed by atoms with Gasteiger partial charge in [0.1, 0.15) is 0 Å². The Labute approximate surface area is 112 Å². The molecule has 0 saturated carbocycles. The molecule has 0 N–H and O–H groups in total. The van der Waals surface area contributed by atoms with Gasteiger partial charge in [-0.25, -0.2) is 4.79 Å². The van der Waals surface area contributed by atoms with Crippen molar-refractivity contribution in [1.82, 2.24) is 9.13 Å². The lowest BCUT2D eigenvalue weighted by Gasteiger charge is -2.02. The van der Waals surface area contributed by atoms with E-state index in [0.29, 0.717) is 0 Å². The Bertz CT molecular complexity index is 772. The number of halogens is 1. The molecule has 3 aromatic rings. The van der Waals surface area contributed by atoms with E-state index in [4.69, 9.17) is 0 Å². The number of aromatic nitrogens is 2. The second-order valence-electron chi connectivity index (χ2n) is 4.15. The molecule has 0 aliphatic heterocycles. The fourth-order valence-electron chi connectivity index (χ4n) is 2.14. The van der Waals surface area contributed by atoms with E-state index in [1.165, 1.54) is 0 Å². The number of aryl methyl sites for hydroxylation is 1. The van der Waals surface area contributed by atoms with Crippen molar-refractivity contribution in [3.63, 3.8) is 0 Å². The summed E-state index contributed by atoms with van der Waals surface area (Å²) in [6.07, 6.45) is 0. The monoisotopic (exact) mass is 302 g/mol. The minimum atomic E-state index is -0.0331. The molecule has 1 heterocycles. The van der Waals surface area contributed by atoms with Gasteiger partial charge in [0, 0.05) is 11.5 Å². The zero-order valence-electron chi connectivity index (χ0n) is 9.80. The number of imidazole rings is 1. The van der Waals surface area contributed by atoms with Crippen molar-refractivity contribution >= 4 is 27.0 Å². The van der Waals surface area contributed by atoms with E-state index >= 15 is 0 Å². The molecule has 0 unspecified atom stereocenters. The van der Waals surface area contributed by atoms with Crippen LogP contribution in [0.2, 0.25) is 0 Å². The standard InChI is InChI=1S/C14H11BrN2O/c1-16-12-8-7-10(15)9-13(12)17(14(16)18)11-5-3-2-4-6-11/h2-9H,1H3. The van der Waals surface area contributed by atoms with Crippen molar-refractivity contribution in [3.05, 3.63) is 63.5 Å². The van der Waals surface area contributed by atoms with E-state index in [1.807, 2.05) is 48.5 Å². The molecule has 0 fully saturated rings. The van der Waals surface area contributed by atoms with E-state index in [-0.39, 0.29) is 5.69 Å². The van der Waals surface area contributed by atoms with Gasteiger partial charge in [-0.2, -0.15) is 0 Å². The maximum Gasteiger partial charge on any atom is 0.333 e. The van der Waals surface area contributed by atoms with Crippen LogP contribution in [-0.2, 0) is 7.05 Å². The van der Waals surface area contributed by atoms with Gasteiger partial charge in [-0.05, 0) is 30.3 Å². The molecule has 1 aromatic heterocycles. The molecule has 0 bridgehead atoms. The van der Waals surface area contributed by atoms with Crippen LogP contribution in [0.3, 0.4) is 0 Å². The zero-order chi connectivity index (χ0) is 12.7. The number of nitrogens with zero attached hydrogens (tertiary/aromatic N) is 2. The fraction of sp³-hybridized carbons (Fsp3) is 0.0714. The van der Waals surface area contributed by atoms with Gasteiger partial charge in [0.05, 0.1) is 16.7 Å². The molecule has 0 saturated heterocycles. The molecular weight excluding hydrogens is 292 g/mol. The molecule has 3 nitrogen and oxygen atoms in total. The average molecular weight is 303 g/mol. The molecule has 0 spiro atoms. The van der Waals surface area contributed by atoms with Crippen LogP contribution in [0.15, 0.2) is 57.8 Å². The van der Waals surface area contributed by atoms with Crippen LogP contribution in [0.25, 0.3) is 16.7 Å². The number of fused-ring (bicyclic) bond motifs is 1. The van der Waals surface area contributed by atoms with Crippen molar-refractivity contribution in [2.45, 2.75) is 0 Å². The second kappa shape index (κ2) is 4.14. The normalized spacial score (nSPS) is 11.0. The number of para-hydroxylation sites is 1. The fourth-order valence-corrected chi connectivity index (χ4v) is 2.49. The zero-order valence-corrected chi connectivity index (χ0v) is 11.4. The van der Waals surface area contributed by atoms with Gasteiger partial charge in [0.15, 0.2) is 0 Å². The molecule has 90 valence electrons. The summed E-state index contributed by atoms with van der Waals surface area (Å²) >= 11 is 3.45. The summed E-state index contributed by atoms with van der Waals surface area (Å²) in [5.74, 6) is 0. The van der Waals surface area contributed by atoms with Gasteiger partial charge in [-0.3, -0.25) is 9.13 Å². The first-order chi connectivity index (χ1) is 8.68. The lowest BCUT2D eigenvalue weighted by Crippen LogP contribution is -2.20. The summed E-state index contributed by atoms with van der Waals surface area (Å²) in [7, 11) is 1.79. The topological polar surface area (TPSA) is 26.9 Å². The van der Waals surface area contributed by atoms with Gasteiger partial charge in [0.2, 0.25) is 0 Å². The lowest BCUT2D eigenvalue weighted by molar-refractivity contribution is 0.846. The summed E-state index contributed by atoms with van der Waals surface area (Å²) in [6.45, 7) is 0. The Hall–Kier alpha value is -1.81. The molecule has 0 atom stereocenters. The lowest BCUT2D eigenvalue weighted by atomic mass is 10.3. The highest BCUT2D eigenvalue weighted by molar-refractivity contribution is 9.10. The van der Waals surface area contributed by atoms with Crippen molar-refractivity contribution in [1.29, 1.82) is 0 Å². The summed E-state index contributed by atoms with van der Waals surface area (Å²) in [4.78, 5) is 12.3. The van der Waals surface area contributed by atoms with E-state index in [0.717, 1.165) is 21.2 Å². The van der Waals surface area contributed by atoms with Gasteiger partial charge in [-0.1, -0.05) is 34.1 Å². The quantitative estimate of drug-likeness (QED) is 0.678. The molecule has 2 aromatic carbocycles. The number of rotatable bonds is 1. The summed E-state index contributed by atoms with van der Waals surface area (Å²) < 4.78 is 4.35.